The molecular formula is C16H17NO4. The lowest BCUT2D eigenvalue weighted by atomic mass is 10.0. The van der Waals surface area contributed by atoms with Crippen molar-refractivity contribution in [1.82, 2.24) is 4.90 Å². The maximum Gasteiger partial charge on any atom is 0.416 e. The van der Waals surface area contributed by atoms with Gasteiger partial charge in [0, 0.05) is 0 Å². The molecule has 1 heterocycles. The van der Waals surface area contributed by atoms with Gasteiger partial charge in [-0.3, -0.25) is 4.79 Å². The van der Waals surface area contributed by atoms with Crippen LogP contribution in [0.1, 0.15) is 12.0 Å². The van der Waals surface area contributed by atoms with Gasteiger partial charge in [-0.1, -0.05) is 42.5 Å². The first-order valence-electron chi connectivity index (χ1n) is 7.05. The Balaban J connectivity index is 1.75. The van der Waals surface area contributed by atoms with Crippen molar-refractivity contribution in [3.8, 4) is 0 Å². The molecule has 1 N–H and O–H groups in total. The Kier molecular flexibility index (Phi) is 3.75. The van der Waals surface area contributed by atoms with Crippen LogP contribution in [0.3, 0.4) is 0 Å². The second-order valence-corrected chi connectivity index (χ2v) is 5.39. The van der Waals surface area contributed by atoms with Crippen molar-refractivity contribution in [3.05, 3.63) is 48.0 Å². The third-order valence-electron chi connectivity index (χ3n) is 3.97. The third kappa shape index (κ3) is 2.69. The number of nitrogens with zero attached hydrogens (tertiary/aromatic N) is 1. The monoisotopic (exact) mass is 287 g/mol. The first kappa shape index (κ1) is 13.8. The van der Waals surface area contributed by atoms with Gasteiger partial charge in [0.05, 0.1) is 18.1 Å². The highest BCUT2D eigenvalue weighted by atomic mass is 16.6. The SMILES string of the molecule is O=C1OCC(Cc2ccccc2)N1C(=O)C1CC=CC1O. The van der Waals surface area contributed by atoms with Crippen LogP contribution in [0, 0.1) is 5.92 Å². The van der Waals surface area contributed by atoms with Crippen LogP contribution in [0.15, 0.2) is 42.5 Å². The molecule has 3 atom stereocenters. The van der Waals surface area contributed by atoms with Crippen molar-refractivity contribution >= 4 is 12.0 Å². The fraction of sp³-hybridized carbons (Fsp3) is 0.375. The smallest absolute Gasteiger partial charge is 0.416 e. The molecule has 0 aromatic heterocycles. The summed E-state index contributed by atoms with van der Waals surface area (Å²) in [5, 5.41) is 9.80. The van der Waals surface area contributed by atoms with Gasteiger partial charge in [-0.25, -0.2) is 9.69 Å². The molecule has 0 bridgehead atoms. The number of amides is 2. The number of aliphatic hydroxyl groups excluding tert-OH is 1. The fourth-order valence-electron chi connectivity index (χ4n) is 2.83. The number of benzene rings is 1. The van der Waals surface area contributed by atoms with Gasteiger partial charge in [0.25, 0.3) is 0 Å². The highest BCUT2D eigenvalue weighted by Crippen LogP contribution is 2.26. The van der Waals surface area contributed by atoms with Crippen molar-refractivity contribution in [3.63, 3.8) is 0 Å². The predicted octanol–water partition coefficient (Wildman–Crippen LogP) is 1.51. The van der Waals surface area contributed by atoms with Crippen LogP contribution in [0.4, 0.5) is 4.79 Å². The van der Waals surface area contributed by atoms with E-state index in [4.69, 9.17) is 4.74 Å². The van der Waals surface area contributed by atoms with Gasteiger partial charge < -0.3 is 9.84 Å². The highest BCUT2D eigenvalue weighted by molar-refractivity contribution is 5.95. The molecule has 1 aliphatic heterocycles. The average molecular weight is 287 g/mol. The molecular weight excluding hydrogens is 270 g/mol. The molecule has 3 rings (SSSR count). The topological polar surface area (TPSA) is 66.8 Å². The number of hydrogen-bond donors (Lipinski definition) is 1. The van der Waals surface area contributed by atoms with E-state index in [0.29, 0.717) is 12.8 Å². The molecule has 0 radical (unpaired) electrons. The standard InChI is InChI=1S/C16H17NO4/c18-14-8-4-7-13(14)15(19)17-12(10-21-16(17)20)9-11-5-2-1-3-6-11/h1-6,8,12-14,18H,7,9-10H2. The summed E-state index contributed by atoms with van der Waals surface area (Å²) in [5.41, 5.74) is 1.05. The van der Waals surface area contributed by atoms with E-state index in [-0.39, 0.29) is 18.6 Å². The molecule has 5 nitrogen and oxygen atoms in total. The minimum atomic E-state index is -0.816. The van der Waals surface area contributed by atoms with Crippen LogP contribution in [0.5, 0.6) is 0 Å². The maximum absolute atomic E-state index is 12.5. The van der Waals surface area contributed by atoms with E-state index in [1.807, 2.05) is 30.3 Å². The van der Waals surface area contributed by atoms with Gasteiger partial charge in [-0.15, -0.1) is 0 Å². The zero-order chi connectivity index (χ0) is 14.8. The average Bonchev–Trinajstić information content (AvgIpc) is 3.06. The van der Waals surface area contributed by atoms with Gasteiger partial charge in [-0.2, -0.15) is 0 Å². The summed E-state index contributed by atoms with van der Waals surface area (Å²) in [6, 6.07) is 9.37. The van der Waals surface area contributed by atoms with E-state index in [2.05, 4.69) is 0 Å². The zero-order valence-corrected chi connectivity index (χ0v) is 11.5. The number of carbonyl (C=O) groups is 2. The normalized spacial score (nSPS) is 28.0. The molecule has 1 aromatic rings. The van der Waals surface area contributed by atoms with Gasteiger partial charge in [0.1, 0.15) is 6.61 Å². The van der Waals surface area contributed by atoms with E-state index < -0.39 is 18.1 Å². The molecule has 2 amide bonds. The lowest BCUT2D eigenvalue weighted by Crippen LogP contribution is -2.45. The Morgan fingerprint density at radius 3 is 2.76 bits per heavy atom. The largest absolute Gasteiger partial charge is 0.447 e. The van der Waals surface area contributed by atoms with Crippen molar-refractivity contribution in [2.75, 3.05) is 6.61 Å². The third-order valence-corrected chi connectivity index (χ3v) is 3.97. The molecule has 21 heavy (non-hydrogen) atoms. The predicted molar refractivity (Wildman–Crippen MR) is 75.4 cm³/mol. The number of cyclic esters (lactones) is 1. The lowest BCUT2D eigenvalue weighted by Gasteiger charge is -2.24. The van der Waals surface area contributed by atoms with Gasteiger partial charge in [-0.05, 0) is 18.4 Å². The second kappa shape index (κ2) is 5.69. The molecule has 1 saturated heterocycles. The van der Waals surface area contributed by atoms with E-state index in [9.17, 15) is 14.7 Å². The summed E-state index contributed by atoms with van der Waals surface area (Å²) < 4.78 is 5.03. The molecule has 110 valence electrons. The van der Waals surface area contributed by atoms with Gasteiger partial charge >= 0.3 is 6.09 Å². The van der Waals surface area contributed by atoms with Crippen LogP contribution in [0.2, 0.25) is 0 Å². The van der Waals surface area contributed by atoms with Crippen LogP contribution in [-0.4, -0.2) is 40.8 Å². The highest BCUT2D eigenvalue weighted by Gasteiger charge is 2.42. The number of hydrogen-bond acceptors (Lipinski definition) is 4. The zero-order valence-electron chi connectivity index (χ0n) is 11.5. The van der Waals surface area contributed by atoms with E-state index >= 15 is 0 Å². The Morgan fingerprint density at radius 1 is 1.33 bits per heavy atom. The quantitative estimate of drug-likeness (QED) is 0.856. The van der Waals surface area contributed by atoms with E-state index in [0.717, 1.165) is 5.56 Å². The maximum atomic E-state index is 12.5. The summed E-state index contributed by atoms with van der Waals surface area (Å²) in [5.74, 6) is -0.926. The first-order valence-corrected chi connectivity index (χ1v) is 7.05. The summed E-state index contributed by atoms with van der Waals surface area (Å²) >= 11 is 0. The summed E-state index contributed by atoms with van der Waals surface area (Å²) in [7, 11) is 0. The molecule has 0 spiro atoms. The first-order chi connectivity index (χ1) is 10.2. The van der Waals surface area contributed by atoms with Crippen LogP contribution in [-0.2, 0) is 16.0 Å². The number of rotatable bonds is 3. The summed E-state index contributed by atoms with van der Waals surface area (Å²) in [6.07, 6.45) is 2.95. The Labute approximate surface area is 122 Å². The number of aliphatic hydroxyl groups is 1. The Bertz CT molecular complexity index is 569. The molecule has 0 saturated carbocycles. The summed E-state index contributed by atoms with van der Waals surface area (Å²) in [4.78, 5) is 25.5. The van der Waals surface area contributed by atoms with Gasteiger partial charge in [0.2, 0.25) is 5.91 Å². The molecule has 1 fully saturated rings. The second-order valence-electron chi connectivity index (χ2n) is 5.39. The van der Waals surface area contributed by atoms with E-state index in [1.165, 1.54) is 4.90 Å². The number of allylic oxidation sites excluding steroid dienone is 1. The molecule has 3 unspecified atom stereocenters. The van der Waals surface area contributed by atoms with Crippen molar-refractivity contribution < 1.29 is 19.4 Å². The van der Waals surface area contributed by atoms with E-state index in [1.54, 1.807) is 12.2 Å². The minimum absolute atomic E-state index is 0.204. The lowest BCUT2D eigenvalue weighted by molar-refractivity contribution is -0.135. The Morgan fingerprint density at radius 2 is 2.10 bits per heavy atom. The minimum Gasteiger partial charge on any atom is -0.447 e. The molecule has 1 aromatic carbocycles. The number of ether oxygens (including phenoxy) is 1. The molecule has 2 aliphatic rings. The molecule has 5 heteroatoms. The summed E-state index contributed by atoms with van der Waals surface area (Å²) in [6.45, 7) is 0.204. The van der Waals surface area contributed by atoms with Crippen LogP contribution >= 0.6 is 0 Å². The van der Waals surface area contributed by atoms with Crippen molar-refractivity contribution in [2.45, 2.75) is 25.0 Å². The van der Waals surface area contributed by atoms with Gasteiger partial charge in [0.15, 0.2) is 0 Å². The molecule has 1 aliphatic carbocycles. The number of carbonyl (C=O) groups excluding carboxylic acids is 2. The Hall–Kier alpha value is -2.14. The van der Waals surface area contributed by atoms with Crippen LogP contribution in [0.25, 0.3) is 0 Å². The number of imide groups is 1. The van der Waals surface area contributed by atoms with Crippen LogP contribution < -0.4 is 0 Å². The fourth-order valence-corrected chi connectivity index (χ4v) is 2.83. The van der Waals surface area contributed by atoms with Crippen molar-refractivity contribution in [1.29, 1.82) is 0 Å². The van der Waals surface area contributed by atoms with Crippen molar-refractivity contribution in [2.24, 2.45) is 5.92 Å².